The number of aliphatic hydroxyl groups excluding tert-OH is 1. The zero-order valence-electron chi connectivity index (χ0n) is 18.8. The molecule has 2 bridgehead atoms. The lowest BCUT2D eigenvalue weighted by atomic mass is 9.43. The van der Waals surface area contributed by atoms with Gasteiger partial charge >= 0.3 is 0 Å². The summed E-state index contributed by atoms with van der Waals surface area (Å²) in [5.74, 6) is 1.02. The molecule has 2 unspecified atom stereocenters. The second kappa shape index (κ2) is 7.20. The molecular formula is C26H38O3. The van der Waals surface area contributed by atoms with E-state index in [-0.39, 0.29) is 28.8 Å². The predicted octanol–water partition coefficient (Wildman–Crippen LogP) is 5.05. The van der Waals surface area contributed by atoms with Crippen molar-refractivity contribution in [2.45, 2.75) is 78.4 Å². The van der Waals surface area contributed by atoms with Crippen LogP contribution in [-0.2, 0) is 16.0 Å². The van der Waals surface area contributed by atoms with Crippen molar-refractivity contribution in [3.8, 4) is 0 Å². The van der Waals surface area contributed by atoms with Crippen LogP contribution in [0, 0.1) is 34.0 Å². The normalized spacial score (nSPS) is 47.4. The van der Waals surface area contributed by atoms with Crippen LogP contribution in [0.1, 0.15) is 65.4 Å². The van der Waals surface area contributed by atoms with Gasteiger partial charge in [0.1, 0.15) is 5.78 Å². The van der Waals surface area contributed by atoms with Crippen LogP contribution in [0.25, 0.3) is 0 Å². The Kier molecular flexibility index (Phi) is 5.23. The van der Waals surface area contributed by atoms with Crippen LogP contribution in [0.3, 0.4) is 0 Å². The third-order valence-corrected chi connectivity index (χ3v) is 9.61. The van der Waals surface area contributed by atoms with Crippen molar-refractivity contribution in [2.24, 2.45) is 34.0 Å². The van der Waals surface area contributed by atoms with E-state index in [9.17, 15) is 9.90 Å². The van der Waals surface area contributed by atoms with Gasteiger partial charge in [-0.2, -0.15) is 0 Å². The average molecular weight is 399 g/mol. The maximum atomic E-state index is 14.0. The molecule has 0 heterocycles. The molecule has 3 fully saturated rings. The van der Waals surface area contributed by atoms with Crippen LogP contribution in [0.15, 0.2) is 30.3 Å². The van der Waals surface area contributed by atoms with E-state index in [1.165, 1.54) is 5.56 Å². The van der Waals surface area contributed by atoms with E-state index in [1.807, 2.05) is 25.3 Å². The summed E-state index contributed by atoms with van der Waals surface area (Å²) in [5.41, 5.74) is 0.379. The lowest BCUT2D eigenvalue weighted by Gasteiger charge is -2.61. The van der Waals surface area contributed by atoms with Gasteiger partial charge in [0.15, 0.2) is 0 Å². The second-order valence-corrected chi connectivity index (χ2v) is 10.9. The number of aliphatic hydroxyl groups is 1. The van der Waals surface area contributed by atoms with Gasteiger partial charge < -0.3 is 9.84 Å². The zero-order chi connectivity index (χ0) is 21.0. The van der Waals surface area contributed by atoms with Crippen molar-refractivity contribution in [2.75, 3.05) is 7.11 Å². The van der Waals surface area contributed by atoms with Crippen molar-refractivity contribution < 1.29 is 14.6 Å². The molecule has 8 atom stereocenters. The number of carbonyl (C=O) groups is 1. The maximum Gasteiger partial charge on any atom is 0.142 e. The van der Waals surface area contributed by atoms with Crippen molar-refractivity contribution >= 4 is 5.78 Å². The number of methoxy groups -OCH3 is 1. The summed E-state index contributed by atoms with van der Waals surface area (Å²) in [6, 6.07) is 10.3. The number of Topliss-reactive ketones (excluding diaryl/α,β-unsaturated/α-hetero) is 1. The van der Waals surface area contributed by atoms with E-state index in [0.717, 1.165) is 25.7 Å². The molecule has 160 valence electrons. The average Bonchev–Trinajstić information content (AvgIpc) is 3.10. The molecule has 0 aromatic heterocycles. The highest BCUT2D eigenvalue weighted by Gasteiger charge is 2.67. The van der Waals surface area contributed by atoms with E-state index < -0.39 is 11.5 Å². The maximum absolute atomic E-state index is 14.0. The molecule has 0 radical (unpaired) electrons. The van der Waals surface area contributed by atoms with E-state index in [4.69, 9.17) is 4.74 Å². The Balaban J connectivity index is 1.81. The lowest BCUT2D eigenvalue weighted by molar-refractivity contribution is -0.191. The molecule has 0 amide bonds. The monoisotopic (exact) mass is 398 g/mol. The van der Waals surface area contributed by atoms with Gasteiger partial charge in [0.25, 0.3) is 0 Å². The standard InChI is InChI=1S/C26H38O3/c1-17-11-13-26-14-12-20(29-5)22(26)25(17,4)21(27)16-24(3,23(28)18(26)2)15-19-9-7-6-8-10-19/h6-10,17-18,20-22,27H,11-16H2,1-5H3/t17-,18+,20-,21-,22?,24-,25+,26?/m1/s1. The minimum atomic E-state index is -0.540. The smallest absolute Gasteiger partial charge is 0.142 e. The largest absolute Gasteiger partial charge is 0.393 e. The molecule has 4 rings (SSSR count). The molecular weight excluding hydrogens is 360 g/mol. The van der Waals surface area contributed by atoms with Gasteiger partial charge in [-0.3, -0.25) is 4.79 Å². The molecule has 3 aliphatic rings. The molecule has 3 nitrogen and oxygen atoms in total. The van der Waals surface area contributed by atoms with E-state index in [0.29, 0.717) is 24.5 Å². The fourth-order valence-corrected chi connectivity index (χ4v) is 7.74. The molecule has 29 heavy (non-hydrogen) atoms. The summed E-state index contributed by atoms with van der Waals surface area (Å²) in [6.45, 7) is 8.89. The summed E-state index contributed by atoms with van der Waals surface area (Å²) in [6.07, 6.45) is 5.10. The summed E-state index contributed by atoms with van der Waals surface area (Å²) in [7, 11) is 1.81. The van der Waals surface area contributed by atoms with Crippen LogP contribution in [0.2, 0.25) is 0 Å². The summed E-state index contributed by atoms with van der Waals surface area (Å²) < 4.78 is 5.98. The molecule has 3 heteroatoms. The Morgan fingerprint density at radius 1 is 1.10 bits per heavy atom. The van der Waals surface area contributed by atoms with E-state index >= 15 is 0 Å². The van der Waals surface area contributed by atoms with Crippen molar-refractivity contribution in [1.82, 2.24) is 0 Å². The number of benzene rings is 1. The SMILES string of the molecule is CO[C@@H]1CCC23CC[C@@H](C)[C@](C)(C12)[C@H](O)C[C@@](C)(Cc1ccccc1)C(=O)[C@@H]3C. The fraction of sp³-hybridized carbons (Fsp3) is 0.731. The number of hydrogen-bond acceptors (Lipinski definition) is 3. The second-order valence-electron chi connectivity index (χ2n) is 10.9. The Morgan fingerprint density at radius 3 is 2.41 bits per heavy atom. The highest BCUT2D eigenvalue weighted by molar-refractivity contribution is 5.88. The van der Waals surface area contributed by atoms with Gasteiger partial charge in [-0.25, -0.2) is 0 Å². The first-order valence-corrected chi connectivity index (χ1v) is 11.5. The minimum Gasteiger partial charge on any atom is -0.393 e. The van der Waals surface area contributed by atoms with Crippen LogP contribution in [0.5, 0.6) is 0 Å². The Hall–Kier alpha value is -1.19. The number of hydrogen-bond donors (Lipinski definition) is 1. The van der Waals surface area contributed by atoms with Crippen LogP contribution >= 0.6 is 0 Å². The Bertz CT molecular complexity index is 760. The van der Waals surface area contributed by atoms with Gasteiger partial charge in [0.05, 0.1) is 12.2 Å². The molecule has 0 spiro atoms. The summed E-state index contributed by atoms with van der Waals surface area (Å²) in [4.78, 5) is 14.0. The Labute approximate surface area is 176 Å². The number of carbonyl (C=O) groups excluding carboxylic acids is 1. The number of rotatable bonds is 3. The van der Waals surface area contributed by atoms with E-state index in [1.54, 1.807) is 0 Å². The van der Waals surface area contributed by atoms with Gasteiger partial charge in [-0.05, 0) is 61.3 Å². The molecule has 0 aliphatic heterocycles. The predicted molar refractivity (Wildman–Crippen MR) is 116 cm³/mol. The minimum absolute atomic E-state index is 0.000636. The van der Waals surface area contributed by atoms with Gasteiger partial charge in [-0.15, -0.1) is 0 Å². The number of ketones is 1. The van der Waals surface area contributed by atoms with Gasteiger partial charge in [0.2, 0.25) is 0 Å². The zero-order valence-corrected chi connectivity index (χ0v) is 18.8. The summed E-state index contributed by atoms with van der Waals surface area (Å²) in [5, 5.41) is 11.7. The first-order chi connectivity index (χ1) is 13.7. The number of ether oxygens (including phenoxy) is 1. The fourth-order valence-electron chi connectivity index (χ4n) is 7.74. The highest BCUT2D eigenvalue weighted by Crippen LogP contribution is 2.68. The quantitative estimate of drug-likeness (QED) is 0.775. The topological polar surface area (TPSA) is 46.5 Å². The lowest BCUT2D eigenvalue weighted by Crippen LogP contribution is -2.62. The third kappa shape index (κ3) is 2.95. The molecule has 3 saturated carbocycles. The van der Waals surface area contributed by atoms with Crippen LogP contribution in [-0.4, -0.2) is 30.2 Å². The van der Waals surface area contributed by atoms with Gasteiger partial charge in [-0.1, -0.05) is 58.0 Å². The molecule has 0 saturated heterocycles. The molecule has 3 aliphatic carbocycles. The van der Waals surface area contributed by atoms with Crippen LogP contribution < -0.4 is 0 Å². The van der Waals surface area contributed by atoms with Crippen LogP contribution in [0.4, 0.5) is 0 Å². The van der Waals surface area contributed by atoms with Gasteiger partial charge in [0, 0.05) is 23.9 Å². The van der Waals surface area contributed by atoms with E-state index in [2.05, 4.69) is 39.8 Å². The van der Waals surface area contributed by atoms with Crippen molar-refractivity contribution in [3.05, 3.63) is 35.9 Å². The highest BCUT2D eigenvalue weighted by atomic mass is 16.5. The van der Waals surface area contributed by atoms with Crippen molar-refractivity contribution in [1.29, 1.82) is 0 Å². The third-order valence-electron chi connectivity index (χ3n) is 9.61. The first kappa shape index (κ1) is 21.1. The first-order valence-electron chi connectivity index (χ1n) is 11.5. The van der Waals surface area contributed by atoms with Crippen molar-refractivity contribution in [3.63, 3.8) is 0 Å². The Morgan fingerprint density at radius 2 is 1.76 bits per heavy atom. The molecule has 1 aromatic carbocycles. The molecule has 1 N–H and O–H groups in total. The molecule has 1 aromatic rings. The summed E-state index contributed by atoms with van der Waals surface area (Å²) >= 11 is 0.